The molecule has 5 heteroatoms. The maximum absolute atomic E-state index is 13.5. The van der Waals surface area contributed by atoms with Gasteiger partial charge in [-0.05, 0) is 19.1 Å². The molecular formula is C12H15FN2O2. The van der Waals surface area contributed by atoms with Gasteiger partial charge in [0.2, 0.25) is 5.91 Å². The van der Waals surface area contributed by atoms with Crippen molar-refractivity contribution in [1.29, 1.82) is 0 Å². The minimum absolute atomic E-state index is 0.00960. The Morgan fingerprint density at radius 2 is 2.35 bits per heavy atom. The summed E-state index contributed by atoms with van der Waals surface area (Å²) in [5.74, 6) is -0.343. The van der Waals surface area contributed by atoms with Crippen LogP contribution in [-0.4, -0.2) is 25.6 Å². The van der Waals surface area contributed by atoms with Gasteiger partial charge < -0.3 is 15.4 Å². The van der Waals surface area contributed by atoms with Crippen molar-refractivity contribution in [3.05, 3.63) is 24.0 Å². The largest absolute Gasteiger partial charge is 0.491 e. The van der Waals surface area contributed by atoms with E-state index in [0.717, 1.165) is 0 Å². The predicted octanol–water partition coefficient (Wildman–Crippen LogP) is 1.38. The van der Waals surface area contributed by atoms with Crippen LogP contribution >= 0.6 is 0 Å². The molecule has 1 aliphatic heterocycles. The van der Waals surface area contributed by atoms with Gasteiger partial charge in [-0.25, -0.2) is 4.39 Å². The van der Waals surface area contributed by atoms with E-state index in [1.165, 1.54) is 12.1 Å². The summed E-state index contributed by atoms with van der Waals surface area (Å²) in [5.41, 5.74) is 0.461. The average Bonchev–Trinajstić information content (AvgIpc) is 2.19. The molecule has 0 bridgehead atoms. The Hall–Kier alpha value is -1.62. The van der Waals surface area contributed by atoms with Crippen LogP contribution in [0.15, 0.2) is 18.2 Å². The summed E-state index contributed by atoms with van der Waals surface area (Å²) in [6.07, 6.45) is 0. The lowest BCUT2D eigenvalue weighted by atomic mass is 10.0. The number of nitrogens with one attached hydrogen (secondary N) is 2. The predicted molar refractivity (Wildman–Crippen MR) is 62.6 cm³/mol. The van der Waals surface area contributed by atoms with Gasteiger partial charge in [-0.3, -0.25) is 4.79 Å². The summed E-state index contributed by atoms with van der Waals surface area (Å²) in [6, 6.07) is 4.43. The number of amides is 1. The second-order valence-electron chi connectivity index (χ2n) is 3.92. The fourth-order valence-corrected chi connectivity index (χ4v) is 1.57. The minimum Gasteiger partial charge on any atom is -0.491 e. The first-order valence-corrected chi connectivity index (χ1v) is 5.64. The van der Waals surface area contributed by atoms with Crippen LogP contribution in [0.3, 0.4) is 0 Å². The Morgan fingerprint density at radius 1 is 1.59 bits per heavy atom. The molecule has 92 valence electrons. The van der Waals surface area contributed by atoms with E-state index in [2.05, 4.69) is 10.6 Å². The van der Waals surface area contributed by atoms with Gasteiger partial charge in [-0.15, -0.1) is 0 Å². The molecule has 1 aliphatic rings. The first-order chi connectivity index (χ1) is 8.20. The molecule has 1 heterocycles. The molecule has 17 heavy (non-hydrogen) atoms. The molecule has 1 aromatic rings. The topological polar surface area (TPSA) is 50.4 Å². The van der Waals surface area contributed by atoms with E-state index >= 15 is 0 Å². The van der Waals surface area contributed by atoms with Crippen molar-refractivity contribution in [2.45, 2.75) is 6.92 Å². The normalized spacial score (nSPS) is 15.2. The summed E-state index contributed by atoms with van der Waals surface area (Å²) in [5, 5.41) is 5.69. The van der Waals surface area contributed by atoms with Crippen LogP contribution in [0.1, 0.15) is 6.92 Å². The number of carbonyl (C=O) groups is 1. The highest BCUT2D eigenvalue weighted by Crippen LogP contribution is 2.21. The molecule has 2 rings (SSSR count). The van der Waals surface area contributed by atoms with Crippen molar-refractivity contribution in [2.75, 3.05) is 25.0 Å². The van der Waals surface area contributed by atoms with Gasteiger partial charge in [-0.2, -0.15) is 0 Å². The van der Waals surface area contributed by atoms with E-state index < -0.39 is 5.82 Å². The molecule has 1 amide bonds. The number of carbonyl (C=O) groups excluding carboxylic acids is 1. The van der Waals surface area contributed by atoms with E-state index in [9.17, 15) is 9.18 Å². The second-order valence-corrected chi connectivity index (χ2v) is 3.92. The fourth-order valence-electron chi connectivity index (χ4n) is 1.57. The van der Waals surface area contributed by atoms with Crippen molar-refractivity contribution in [3.63, 3.8) is 0 Å². The number of hydrogen-bond acceptors (Lipinski definition) is 3. The van der Waals surface area contributed by atoms with Crippen molar-refractivity contribution in [2.24, 2.45) is 5.92 Å². The molecule has 1 saturated heterocycles. The molecule has 0 aromatic heterocycles. The maximum Gasteiger partial charge on any atom is 0.230 e. The Morgan fingerprint density at radius 3 is 2.88 bits per heavy atom. The molecule has 0 aliphatic carbocycles. The lowest BCUT2D eigenvalue weighted by Crippen LogP contribution is -2.48. The van der Waals surface area contributed by atoms with Crippen LogP contribution in [0.4, 0.5) is 10.1 Å². The molecule has 0 radical (unpaired) electrons. The molecule has 4 nitrogen and oxygen atoms in total. The number of anilines is 1. The fraction of sp³-hybridized carbons (Fsp3) is 0.417. The first kappa shape index (κ1) is 11.9. The van der Waals surface area contributed by atoms with Crippen molar-refractivity contribution >= 4 is 11.6 Å². The van der Waals surface area contributed by atoms with E-state index in [4.69, 9.17) is 4.74 Å². The van der Waals surface area contributed by atoms with Crippen molar-refractivity contribution in [3.8, 4) is 5.75 Å². The molecule has 1 aromatic carbocycles. The van der Waals surface area contributed by atoms with Crippen LogP contribution in [-0.2, 0) is 4.79 Å². The summed E-state index contributed by atoms with van der Waals surface area (Å²) >= 11 is 0. The third-order valence-corrected chi connectivity index (χ3v) is 2.65. The molecule has 1 fully saturated rings. The monoisotopic (exact) mass is 238 g/mol. The number of halogens is 1. The third kappa shape index (κ3) is 2.74. The summed E-state index contributed by atoms with van der Waals surface area (Å²) in [7, 11) is 0. The summed E-state index contributed by atoms with van der Waals surface area (Å²) in [4.78, 5) is 11.6. The Labute approximate surface area is 99.2 Å². The van der Waals surface area contributed by atoms with Crippen LogP contribution in [0.5, 0.6) is 5.75 Å². The van der Waals surface area contributed by atoms with Crippen LogP contribution in [0, 0.1) is 11.7 Å². The van der Waals surface area contributed by atoms with E-state index in [0.29, 0.717) is 25.4 Å². The zero-order chi connectivity index (χ0) is 12.3. The van der Waals surface area contributed by atoms with Gasteiger partial charge in [0.1, 0.15) is 0 Å². The minimum atomic E-state index is -0.462. The number of ether oxygens (including phenoxy) is 1. The van der Waals surface area contributed by atoms with Gasteiger partial charge in [0, 0.05) is 24.8 Å². The zero-order valence-corrected chi connectivity index (χ0v) is 9.63. The highest BCUT2D eigenvalue weighted by molar-refractivity contribution is 5.93. The van der Waals surface area contributed by atoms with Crippen LogP contribution in [0.2, 0.25) is 0 Å². The SMILES string of the molecule is CCOc1ccc(NC(=O)C2CNC2)cc1F. The van der Waals surface area contributed by atoms with Crippen molar-refractivity contribution < 1.29 is 13.9 Å². The van der Waals surface area contributed by atoms with Crippen LogP contribution < -0.4 is 15.4 Å². The number of rotatable bonds is 4. The quantitative estimate of drug-likeness (QED) is 0.833. The molecule has 0 unspecified atom stereocenters. The number of benzene rings is 1. The lowest BCUT2D eigenvalue weighted by molar-refractivity contribution is -0.121. The molecule has 0 saturated carbocycles. The van der Waals surface area contributed by atoms with E-state index in [-0.39, 0.29) is 17.6 Å². The second kappa shape index (κ2) is 5.14. The Balaban J connectivity index is 2.01. The smallest absolute Gasteiger partial charge is 0.230 e. The van der Waals surface area contributed by atoms with E-state index in [1.54, 1.807) is 13.0 Å². The third-order valence-electron chi connectivity index (χ3n) is 2.65. The molecule has 0 atom stereocenters. The van der Waals surface area contributed by atoms with Crippen LogP contribution in [0.25, 0.3) is 0 Å². The summed E-state index contributed by atoms with van der Waals surface area (Å²) < 4.78 is 18.6. The standard InChI is InChI=1S/C12H15FN2O2/c1-2-17-11-4-3-9(5-10(11)13)15-12(16)8-6-14-7-8/h3-5,8,14H,2,6-7H2,1H3,(H,15,16). The van der Waals surface area contributed by atoms with E-state index in [1.807, 2.05) is 0 Å². The highest BCUT2D eigenvalue weighted by Gasteiger charge is 2.24. The van der Waals surface area contributed by atoms with Gasteiger partial charge in [0.25, 0.3) is 0 Å². The van der Waals surface area contributed by atoms with Gasteiger partial charge >= 0.3 is 0 Å². The Bertz CT molecular complexity index is 419. The molecule has 2 N–H and O–H groups in total. The van der Waals surface area contributed by atoms with Crippen molar-refractivity contribution in [1.82, 2.24) is 5.32 Å². The van der Waals surface area contributed by atoms with Gasteiger partial charge in [0.15, 0.2) is 11.6 Å². The lowest BCUT2D eigenvalue weighted by Gasteiger charge is -2.25. The maximum atomic E-state index is 13.5. The number of hydrogen-bond donors (Lipinski definition) is 2. The average molecular weight is 238 g/mol. The van der Waals surface area contributed by atoms with Gasteiger partial charge in [-0.1, -0.05) is 0 Å². The summed E-state index contributed by atoms with van der Waals surface area (Å²) in [6.45, 7) is 3.58. The molecular weight excluding hydrogens is 223 g/mol. The Kier molecular flexibility index (Phi) is 3.58. The molecule has 0 spiro atoms. The highest BCUT2D eigenvalue weighted by atomic mass is 19.1. The first-order valence-electron chi connectivity index (χ1n) is 5.64. The van der Waals surface area contributed by atoms with Gasteiger partial charge in [0.05, 0.1) is 12.5 Å². The zero-order valence-electron chi connectivity index (χ0n) is 9.63.